The van der Waals surface area contributed by atoms with E-state index in [9.17, 15) is 0 Å². The van der Waals surface area contributed by atoms with E-state index in [-0.39, 0.29) is 6.04 Å². The van der Waals surface area contributed by atoms with Crippen molar-refractivity contribution in [2.75, 3.05) is 10.6 Å². The molecule has 0 bridgehead atoms. The lowest BCUT2D eigenvalue weighted by molar-refractivity contribution is 0.453. The third-order valence-corrected chi connectivity index (χ3v) is 4.59. The maximum absolute atomic E-state index is 5.96. The molecule has 1 atom stereocenters. The van der Waals surface area contributed by atoms with Gasteiger partial charge in [-0.15, -0.1) is 10.2 Å². The highest BCUT2D eigenvalue weighted by Gasteiger charge is 2.19. The van der Waals surface area contributed by atoms with E-state index in [1.165, 1.54) is 5.56 Å². The van der Waals surface area contributed by atoms with Gasteiger partial charge in [0.1, 0.15) is 6.04 Å². The second-order valence-electron chi connectivity index (χ2n) is 6.06. The fourth-order valence-electron chi connectivity index (χ4n) is 2.62. The molecule has 5 heteroatoms. The summed E-state index contributed by atoms with van der Waals surface area (Å²) >= 11 is 3.49. The first-order valence-corrected chi connectivity index (χ1v) is 9.66. The molecule has 0 saturated carbocycles. The van der Waals surface area contributed by atoms with Gasteiger partial charge in [0.05, 0.1) is 0 Å². The van der Waals surface area contributed by atoms with Crippen molar-refractivity contribution >= 4 is 21.6 Å². The Labute approximate surface area is 156 Å². The normalized spacial score (nSPS) is 12.1. The van der Waals surface area contributed by atoms with Gasteiger partial charge in [-0.3, -0.25) is 0 Å². The highest BCUT2D eigenvalue weighted by molar-refractivity contribution is 9.09. The van der Waals surface area contributed by atoms with E-state index in [1.807, 2.05) is 30.3 Å². The minimum Gasteiger partial charge on any atom is -0.418 e. The topological polar surface area (TPSA) is 51.0 Å². The molecule has 0 aliphatic heterocycles. The number of anilines is 1. The van der Waals surface area contributed by atoms with Gasteiger partial charge in [-0.25, -0.2) is 0 Å². The predicted octanol–water partition coefficient (Wildman–Crippen LogP) is 5.76. The zero-order valence-corrected chi connectivity index (χ0v) is 15.9. The van der Waals surface area contributed by atoms with Crippen molar-refractivity contribution in [2.45, 2.75) is 32.2 Å². The van der Waals surface area contributed by atoms with Crippen LogP contribution in [-0.4, -0.2) is 15.5 Å². The summed E-state index contributed by atoms with van der Waals surface area (Å²) in [5.41, 5.74) is 3.25. The number of aryl methyl sites for hydroxylation is 1. The molecule has 0 fully saturated rings. The van der Waals surface area contributed by atoms with Crippen LogP contribution in [0.4, 0.5) is 5.69 Å². The van der Waals surface area contributed by atoms with E-state index in [4.69, 9.17) is 4.42 Å². The first kappa shape index (κ1) is 17.7. The molecule has 2 aromatic carbocycles. The molecular formula is C20H22BrN3O. The lowest BCUT2D eigenvalue weighted by atomic mass is 10.1. The van der Waals surface area contributed by atoms with Crippen molar-refractivity contribution < 1.29 is 4.42 Å². The van der Waals surface area contributed by atoms with Crippen LogP contribution >= 0.6 is 15.9 Å². The molecule has 0 spiro atoms. The Morgan fingerprint density at radius 2 is 1.76 bits per heavy atom. The molecule has 1 aromatic heterocycles. The Kier molecular flexibility index (Phi) is 6.23. The molecule has 0 amide bonds. The van der Waals surface area contributed by atoms with E-state index in [0.717, 1.165) is 35.8 Å². The summed E-state index contributed by atoms with van der Waals surface area (Å²) in [6.07, 6.45) is 3.14. The summed E-state index contributed by atoms with van der Waals surface area (Å²) in [7, 11) is 0. The van der Waals surface area contributed by atoms with Crippen molar-refractivity contribution in [2.24, 2.45) is 0 Å². The molecule has 0 saturated heterocycles. The first-order chi connectivity index (χ1) is 12.3. The van der Waals surface area contributed by atoms with Crippen molar-refractivity contribution in [1.29, 1.82) is 0 Å². The van der Waals surface area contributed by atoms with Crippen molar-refractivity contribution in [1.82, 2.24) is 10.2 Å². The molecule has 3 aromatic rings. The summed E-state index contributed by atoms with van der Waals surface area (Å²) in [5, 5.41) is 13.1. The minimum atomic E-state index is 0.00622. The highest BCUT2D eigenvalue weighted by atomic mass is 79.9. The van der Waals surface area contributed by atoms with Crippen molar-refractivity contribution in [3.63, 3.8) is 0 Å². The number of benzene rings is 2. The van der Waals surface area contributed by atoms with Gasteiger partial charge in [-0.1, -0.05) is 58.2 Å². The van der Waals surface area contributed by atoms with Crippen LogP contribution in [0.5, 0.6) is 0 Å². The number of alkyl halides is 1. The van der Waals surface area contributed by atoms with Crippen LogP contribution in [0.2, 0.25) is 0 Å². The highest BCUT2D eigenvalue weighted by Crippen LogP contribution is 2.27. The standard InChI is InChI=1S/C20H22BrN3O/c1-15-10-12-17(13-11-15)22-18(9-5-6-14-21)20-24-23-19(25-20)16-7-3-2-4-8-16/h2-4,7-8,10-13,18,22H,5-6,9,14H2,1H3. The second-order valence-corrected chi connectivity index (χ2v) is 6.85. The van der Waals surface area contributed by atoms with Crippen LogP contribution in [0.15, 0.2) is 59.0 Å². The minimum absolute atomic E-state index is 0.00622. The number of aromatic nitrogens is 2. The molecule has 25 heavy (non-hydrogen) atoms. The Bertz CT molecular complexity index is 771. The third kappa shape index (κ3) is 4.92. The van der Waals surface area contributed by atoms with E-state index >= 15 is 0 Å². The molecule has 4 nitrogen and oxygen atoms in total. The zero-order valence-electron chi connectivity index (χ0n) is 14.3. The molecule has 1 heterocycles. The quantitative estimate of drug-likeness (QED) is 0.386. The van der Waals surface area contributed by atoms with Crippen LogP contribution < -0.4 is 5.32 Å². The Hall–Kier alpha value is -2.14. The van der Waals surface area contributed by atoms with Crippen molar-refractivity contribution in [3.8, 4) is 11.5 Å². The number of unbranched alkanes of at least 4 members (excludes halogenated alkanes) is 1. The molecule has 0 radical (unpaired) electrons. The van der Waals surface area contributed by atoms with Gasteiger partial charge >= 0.3 is 0 Å². The van der Waals surface area contributed by atoms with Gasteiger partial charge in [-0.05, 0) is 44.0 Å². The van der Waals surface area contributed by atoms with Gasteiger partial charge in [0.15, 0.2) is 0 Å². The SMILES string of the molecule is Cc1ccc(NC(CCCCBr)c2nnc(-c3ccccc3)o2)cc1. The average molecular weight is 400 g/mol. The number of halogens is 1. The monoisotopic (exact) mass is 399 g/mol. The Morgan fingerprint density at radius 1 is 1.00 bits per heavy atom. The molecule has 0 aliphatic rings. The number of nitrogens with one attached hydrogen (secondary N) is 1. The molecule has 0 aliphatic carbocycles. The Morgan fingerprint density at radius 3 is 2.48 bits per heavy atom. The van der Waals surface area contributed by atoms with Gasteiger partial charge in [0, 0.05) is 16.6 Å². The summed E-state index contributed by atoms with van der Waals surface area (Å²) in [6, 6.07) is 18.2. The molecular weight excluding hydrogens is 378 g/mol. The number of nitrogens with zero attached hydrogens (tertiary/aromatic N) is 2. The van der Waals surface area contributed by atoms with Crippen LogP contribution in [0, 0.1) is 6.92 Å². The van der Waals surface area contributed by atoms with Gasteiger partial charge in [0.25, 0.3) is 0 Å². The number of rotatable bonds is 8. The van der Waals surface area contributed by atoms with Crippen LogP contribution in [0.3, 0.4) is 0 Å². The van der Waals surface area contributed by atoms with Gasteiger partial charge in [-0.2, -0.15) is 0 Å². The van der Waals surface area contributed by atoms with Gasteiger partial charge < -0.3 is 9.73 Å². The smallest absolute Gasteiger partial charge is 0.247 e. The number of hydrogen-bond acceptors (Lipinski definition) is 4. The predicted molar refractivity (Wildman–Crippen MR) is 105 cm³/mol. The number of hydrogen-bond donors (Lipinski definition) is 1. The van der Waals surface area contributed by atoms with Crippen LogP contribution in [-0.2, 0) is 0 Å². The largest absolute Gasteiger partial charge is 0.418 e. The molecule has 1 unspecified atom stereocenters. The zero-order chi connectivity index (χ0) is 17.5. The molecule has 3 rings (SSSR count). The van der Waals surface area contributed by atoms with E-state index in [2.05, 4.69) is 62.6 Å². The average Bonchev–Trinajstić information content (AvgIpc) is 3.13. The van der Waals surface area contributed by atoms with Gasteiger partial charge in [0.2, 0.25) is 11.8 Å². The lowest BCUT2D eigenvalue weighted by Gasteiger charge is -2.16. The lowest BCUT2D eigenvalue weighted by Crippen LogP contribution is -2.11. The Balaban J connectivity index is 1.78. The fraction of sp³-hybridized carbons (Fsp3) is 0.300. The van der Waals surface area contributed by atoms with E-state index < -0.39 is 0 Å². The fourth-order valence-corrected chi connectivity index (χ4v) is 3.02. The summed E-state index contributed by atoms with van der Waals surface area (Å²) in [6.45, 7) is 2.08. The molecule has 130 valence electrons. The summed E-state index contributed by atoms with van der Waals surface area (Å²) < 4.78 is 5.96. The second kappa shape index (κ2) is 8.81. The maximum Gasteiger partial charge on any atom is 0.247 e. The van der Waals surface area contributed by atoms with Crippen LogP contribution in [0.25, 0.3) is 11.5 Å². The summed E-state index contributed by atoms with van der Waals surface area (Å²) in [5.74, 6) is 1.20. The van der Waals surface area contributed by atoms with E-state index in [0.29, 0.717) is 11.8 Å². The maximum atomic E-state index is 5.96. The molecule has 1 N–H and O–H groups in total. The summed E-state index contributed by atoms with van der Waals surface area (Å²) in [4.78, 5) is 0. The first-order valence-electron chi connectivity index (χ1n) is 8.54. The third-order valence-electron chi connectivity index (χ3n) is 4.03. The van der Waals surface area contributed by atoms with E-state index in [1.54, 1.807) is 0 Å². The van der Waals surface area contributed by atoms with Crippen LogP contribution in [0.1, 0.15) is 36.8 Å². The van der Waals surface area contributed by atoms with Crippen molar-refractivity contribution in [3.05, 3.63) is 66.1 Å².